The molecule has 1 aromatic heterocycles. The third kappa shape index (κ3) is 6.73. The van der Waals surface area contributed by atoms with Crippen LogP contribution < -0.4 is 25.4 Å². The van der Waals surface area contributed by atoms with Crippen molar-refractivity contribution in [2.24, 2.45) is 23.6 Å². The van der Waals surface area contributed by atoms with E-state index in [4.69, 9.17) is 20.3 Å². The molecule has 4 N–H and O–H groups in total. The lowest BCUT2D eigenvalue weighted by Gasteiger charge is -2.26. The summed E-state index contributed by atoms with van der Waals surface area (Å²) in [6, 6.07) is 17.1. The number of nitrogens with one attached hydrogen (secondary N) is 2. The van der Waals surface area contributed by atoms with E-state index in [1.54, 1.807) is 7.11 Å². The number of pyridine rings is 1. The number of sulfonamides is 1. The Labute approximate surface area is 285 Å². The standard InChI is InChI=1S/C36H41N5O7S/c1-47-24-12-15-27-31(19-24)38-30(22-9-5-4-6-10-22)20-32(27)48-25-17-28-29(18-25)34(43)41(37)16-8-3-2-7-11-23-21-36(23,39-33(28)42)35(44)40-49(45,46)26-13-14-26/h4-7,9-12,15,19-20,23,25-26,28-29H,2-3,8,13-14,16-18,21,37H2,1H3,(H,39,42)(H,40,44)/t23-,25-,28-,29-,36?/m1/s1. The van der Waals surface area contributed by atoms with Crippen molar-refractivity contribution in [1.29, 1.82) is 0 Å². The van der Waals surface area contributed by atoms with Crippen LogP contribution in [0.2, 0.25) is 0 Å². The van der Waals surface area contributed by atoms with E-state index in [1.807, 2.05) is 66.7 Å². The zero-order valence-corrected chi connectivity index (χ0v) is 28.2. The summed E-state index contributed by atoms with van der Waals surface area (Å²) in [5.74, 6) is 3.83. The summed E-state index contributed by atoms with van der Waals surface area (Å²) in [7, 11) is -2.24. The maximum atomic E-state index is 14.1. The number of hydrazine groups is 1. The summed E-state index contributed by atoms with van der Waals surface area (Å²) >= 11 is 0. The molecule has 12 nitrogen and oxygen atoms in total. The number of nitrogens with two attached hydrogens (primary N) is 1. The molecule has 0 radical (unpaired) electrons. The maximum Gasteiger partial charge on any atom is 0.259 e. The molecule has 3 aromatic rings. The molecule has 2 heterocycles. The lowest BCUT2D eigenvalue weighted by atomic mass is 9.93. The molecule has 3 aliphatic carbocycles. The second kappa shape index (κ2) is 13.1. The second-order valence-corrected chi connectivity index (χ2v) is 15.5. The van der Waals surface area contributed by atoms with Gasteiger partial charge in [0, 0.05) is 35.5 Å². The van der Waals surface area contributed by atoms with Crippen molar-refractivity contribution in [3.63, 3.8) is 0 Å². The molecule has 3 fully saturated rings. The number of benzene rings is 2. The lowest BCUT2D eigenvalue weighted by Crippen LogP contribution is -2.54. The SMILES string of the molecule is COc1ccc2c(O[C@@H]3C[C@H]4C(=O)NC5(C(=O)NS(=O)(=O)C6CC6)C[C@H]5C=CCCCCN(N)C(=O)[C@@H]4C3)cc(-c3ccccc3)nc2c1. The Kier molecular flexibility index (Phi) is 8.82. The second-order valence-electron chi connectivity index (χ2n) is 13.6. The van der Waals surface area contributed by atoms with E-state index in [1.165, 1.54) is 5.01 Å². The van der Waals surface area contributed by atoms with Crippen molar-refractivity contribution in [1.82, 2.24) is 20.0 Å². The molecular formula is C36H41N5O7S. The minimum Gasteiger partial charge on any atom is -0.497 e. The van der Waals surface area contributed by atoms with Gasteiger partial charge in [-0.15, -0.1) is 0 Å². The van der Waals surface area contributed by atoms with Gasteiger partial charge in [0.2, 0.25) is 21.8 Å². The van der Waals surface area contributed by atoms with Crippen LogP contribution >= 0.6 is 0 Å². The van der Waals surface area contributed by atoms with Crippen LogP contribution in [0.5, 0.6) is 11.5 Å². The Morgan fingerprint density at radius 1 is 1.06 bits per heavy atom. The van der Waals surface area contributed by atoms with Crippen molar-refractivity contribution in [3.05, 3.63) is 66.7 Å². The summed E-state index contributed by atoms with van der Waals surface area (Å²) in [4.78, 5) is 46.4. The van der Waals surface area contributed by atoms with Crippen LogP contribution in [-0.4, -0.2) is 66.7 Å². The van der Waals surface area contributed by atoms with Gasteiger partial charge in [0.25, 0.3) is 5.91 Å². The molecule has 3 saturated carbocycles. The minimum atomic E-state index is -3.83. The Morgan fingerprint density at radius 2 is 1.84 bits per heavy atom. The molecule has 0 saturated heterocycles. The third-order valence-corrected chi connectivity index (χ3v) is 12.0. The summed E-state index contributed by atoms with van der Waals surface area (Å²) < 4.78 is 39.8. The first kappa shape index (κ1) is 33.0. The van der Waals surface area contributed by atoms with Crippen LogP contribution in [0.3, 0.4) is 0 Å². The van der Waals surface area contributed by atoms with E-state index in [0.29, 0.717) is 54.9 Å². The number of carbonyl (C=O) groups is 3. The average Bonchev–Trinajstić information content (AvgIpc) is 4.02. The van der Waals surface area contributed by atoms with Gasteiger partial charge in [0.1, 0.15) is 23.1 Å². The smallest absolute Gasteiger partial charge is 0.259 e. The molecule has 258 valence electrons. The Bertz CT molecular complexity index is 1920. The van der Waals surface area contributed by atoms with Gasteiger partial charge in [0.05, 0.1) is 35.4 Å². The van der Waals surface area contributed by atoms with Crippen LogP contribution in [0.1, 0.15) is 51.4 Å². The maximum absolute atomic E-state index is 14.1. The van der Waals surface area contributed by atoms with Gasteiger partial charge < -0.3 is 14.8 Å². The highest BCUT2D eigenvalue weighted by molar-refractivity contribution is 7.91. The Balaban J connectivity index is 1.19. The molecule has 13 heteroatoms. The molecule has 1 aliphatic heterocycles. The zero-order valence-electron chi connectivity index (χ0n) is 27.3. The van der Waals surface area contributed by atoms with Gasteiger partial charge in [-0.25, -0.2) is 19.2 Å². The fourth-order valence-corrected chi connectivity index (χ4v) is 8.46. The van der Waals surface area contributed by atoms with Crippen LogP contribution in [0, 0.1) is 17.8 Å². The largest absolute Gasteiger partial charge is 0.497 e. The average molecular weight is 688 g/mol. The lowest BCUT2D eigenvalue weighted by molar-refractivity contribution is -0.142. The predicted octanol–water partition coefficient (Wildman–Crippen LogP) is 3.61. The van der Waals surface area contributed by atoms with Crippen LogP contribution in [0.4, 0.5) is 0 Å². The number of fused-ring (bicyclic) bond motifs is 3. The number of allylic oxidation sites excluding steroid dienone is 1. The number of hydrogen-bond acceptors (Lipinski definition) is 9. The number of hydrogen-bond donors (Lipinski definition) is 3. The van der Waals surface area contributed by atoms with Crippen molar-refractivity contribution < 1.29 is 32.3 Å². The first-order valence-electron chi connectivity index (χ1n) is 16.9. The molecule has 7 rings (SSSR count). The number of amides is 3. The van der Waals surface area contributed by atoms with Crippen molar-refractivity contribution in [3.8, 4) is 22.8 Å². The number of rotatable bonds is 7. The van der Waals surface area contributed by atoms with Gasteiger partial charge in [-0.05, 0) is 63.5 Å². The van der Waals surface area contributed by atoms with E-state index in [0.717, 1.165) is 17.4 Å². The first-order chi connectivity index (χ1) is 23.6. The van der Waals surface area contributed by atoms with Crippen molar-refractivity contribution >= 4 is 38.6 Å². The monoisotopic (exact) mass is 687 g/mol. The molecule has 2 aromatic carbocycles. The molecule has 5 atom stereocenters. The van der Waals surface area contributed by atoms with Gasteiger partial charge in [-0.1, -0.05) is 42.5 Å². The number of carbonyl (C=O) groups excluding carboxylic acids is 3. The molecular weight excluding hydrogens is 646 g/mol. The Hall–Kier alpha value is -4.49. The number of aromatic nitrogens is 1. The Morgan fingerprint density at radius 3 is 2.59 bits per heavy atom. The van der Waals surface area contributed by atoms with Gasteiger partial charge in [-0.3, -0.25) is 24.1 Å². The highest BCUT2D eigenvalue weighted by atomic mass is 32.2. The van der Waals surface area contributed by atoms with Gasteiger partial charge in [-0.2, -0.15) is 0 Å². The fraction of sp³-hybridized carbons (Fsp3) is 0.444. The van der Waals surface area contributed by atoms with E-state index < -0.39 is 50.6 Å². The van der Waals surface area contributed by atoms with Crippen LogP contribution in [-0.2, 0) is 24.4 Å². The summed E-state index contributed by atoms with van der Waals surface area (Å²) in [6.07, 6.45) is 7.11. The normalized spacial score (nSPS) is 27.4. The van der Waals surface area contributed by atoms with E-state index in [-0.39, 0.29) is 31.1 Å². The number of methoxy groups -OCH3 is 1. The van der Waals surface area contributed by atoms with Gasteiger partial charge >= 0.3 is 0 Å². The molecule has 1 unspecified atom stereocenters. The molecule has 3 amide bonds. The molecule has 0 bridgehead atoms. The van der Waals surface area contributed by atoms with Crippen molar-refractivity contribution in [2.45, 2.75) is 68.3 Å². The summed E-state index contributed by atoms with van der Waals surface area (Å²) in [6.45, 7) is 0.342. The predicted molar refractivity (Wildman–Crippen MR) is 182 cm³/mol. The van der Waals surface area contributed by atoms with E-state index >= 15 is 0 Å². The molecule has 4 aliphatic rings. The summed E-state index contributed by atoms with van der Waals surface area (Å²) in [5.41, 5.74) is 0.831. The summed E-state index contributed by atoms with van der Waals surface area (Å²) in [5, 5.41) is 4.25. The minimum absolute atomic E-state index is 0.190. The molecule has 49 heavy (non-hydrogen) atoms. The quantitative estimate of drug-likeness (QED) is 0.191. The third-order valence-electron chi connectivity index (χ3n) is 10.2. The fourth-order valence-electron chi connectivity index (χ4n) is 7.09. The molecule has 0 spiro atoms. The topological polar surface area (TPSA) is 170 Å². The van der Waals surface area contributed by atoms with Crippen LogP contribution in [0.25, 0.3) is 22.2 Å². The number of nitrogens with zero attached hydrogens (tertiary/aromatic N) is 2. The van der Waals surface area contributed by atoms with Gasteiger partial charge in [0.15, 0.2) is 0 Å². The van der Waals surface area contributed by atoms with Crippen LogP contribution in [0.15, 0.2) is 66.7 Å². The first-order valence-corrected chi connectivity index (χ1v) is 18.4. The zero-order chi connectivity index (χ0) is 34.3. The van der Waals surface area contributed by atoms with Crippen molar-refractivity contribution in [2.75, 3.05) is 13.7 Å². The highest BCUT2D eigenvalue weighted by Gasteiger charge is 2.62. The number of ether oxygens (including phenoxy) is 2. The van der Waals surface area contributed by atoms with E-state index in [2.05, 4.69) is 10.0 Å². The van der Waals surface area contributed by atoms with E-state index in [9.17, 15) is 22.8 Å². The highest BCUT2D eigenvalue weighted by Crippen LogP contribution is 2.47.